The van der Waals surface area contributed by atoms with Crippen LogP contribution in [0.5, 0.6) is 0 Å². The van der Waals surface area contributed by atoms with Gasteiger partial charge in [-0.05, 0) is 0 Å². The second kappa shape index (κ2) is 5.66. The van der Waals surface area contributed by atoms with Gasteiger partial charge in [0.05, 0.1) is 18.1 Å². The van der Waals surface area contributed by atoms with Gasteiger partial charge in [0.2, 0.25) is 0 Å². The average Bonchev–Trinajstić information content (AvgIpc) is 2.28. The minimum atomic E-state index is 0.602. The number of hydrogen-bond acceptors (Lipinski definition) is 6. The first kappa shape index (κ1) is 12.6. The van der Waals surface area contributed by atoms with Gasteiger partial charge in [-0.25, -0.2) is 10.8 Å². The third kappa shape index (κ3) is 3.55. The molecule has 1 aliphatic rings. The van der Waals surface area contributed by atoms with Crippen LogP contribution in [0.15, 0.2) is 12.4 Å². The van der Waals surface area contributed by atoms with Gasteiger partial charge in [-0.15, -0.1) is 0 Å². The Labute approximate surface area is 106 Å². The zero-order valence-electron chi connectivity index (χ0n) is 10.3. The van der Waals surface area contributed by atoms with E-state index in [9.17, 15) is 0 Å². The molecule has 2 heterocycles. The topological polar surface area (TPSA) is 67.1 Å². The van der Waals surface area contributed by atoms with Gasteiger partial charge in [0.1, 0.15) is 0 Å². The van der Waals surface area contributed by atoms with E-state index in [1.165, 1.54) is 0 Å². The summed E-state index contributed by atoms with van der Waals surface area (Å²) < 4.78 is 0. The number of nitrogens with zero attached hydrogens (tertiary/aromatic N) is 3. The van der Waals surface area contributed by atoms with E-state index in [0.29, 0.717) is 16.3 Å². The Kier molecular flexibility index (Phi) is 4.20. The molecule has 0 bridgehead atoms. The molecule has 0 amide bonds. The molecule has 1 fully saturated rings. The first-order valence-corrected chi connectivity index (χ1v) is 6.77. The van der Waals surface area contributed by atoms with Crippen molar-refractivity contribution in [3.8, 4) is 0 Å². The fourth-order valence-electron chi connectivity index (χ4n) is 2.15. The van der Waals surface area contributed by atoms with Crippen LogP contribution < -0.4 is 11.3 Å². The molecule has 0 aromatic carbocycles. The molecule has 5 nitrogen and oxygen atoms in total. The molecule has 1 aliphatic heterocycles. The first-order chi connectivity index (χ1) is 8.17. The predicted octanol–water partition coefficient (Wildman–Crippen LogP) is 1.09. The molecular weight excluding hydrogens is 234 g/mol. The van der Waals surface area contributed by atoms with E-state index in [0.717, 1.165) is 25.3 Å². The van der Waals surface area contributed by atoms with Gasteiger partial charge in [0, 0.05) is 30.1 Å². The number of anilines is 1. The standard InChI is InChI=1S/C11H19N5S/c1-8-5-16(6-9(2)17-8)7-10-3-14-11(15-12)4-13-10/h3-4,8-9H,5-7,12H2,1-2H3,(H,14,15). The van der Waals surface area contributed by atoms with Crippen molar-refractivity contribution in [2.75, 3.05) is 18.5 Å². The highest BCUT2D eigenvalue weighted by atomic mass is 32.2. The van der Waals surface area contributed by atoms with E-state index in [1.807, 2.05) is 0 Å². The summed E-state index contributed by atoms with van der Waals surface area (Å²) in [5.41, 5.74) is 3.48. The smallest absolute Gasteiger partial charge is 0.158 e. The van der Waals surface area contributed by atoms with Gasteiger partial charge >= 0.3 is 0 Å². The van der Waals surface area contributed by atoms with Crippen molar-refractivity contribution < 1.29 is 0 Å². The first-order valence-electron chi connectivity index (χ1n) is 5.82. The van der Waals surface area contributed by atoms with E-state index in [-0.39, 0.29) is 0 Å². The molecule has 1 aromatic rings. The SMILES string of the molecule is CC1CN(Cc2cnc(NN)cn2)CC(C)S1. The second-order valence-electron chi connectivity index (χ2n) is 4.49. The number of rotatable bonds is 3. The lowest BCUT2D eigenvalue weighted by Gasteiger charge is -2.34. The van der Waals surface area contributed by atoms with Gasteiger partial charge in [0.15, 0.2) is 5.82 Å². The Morgan fingerprint density at radius 3 is 2.59 bits per heavy atom. The van der Waals surface area contributed by atoms with Crippen LogP contribution in [0.4, 0.5) is 5.82 Å². The van der Waals surface area contributed by atoms with Crippen molar-refractivity contribution in [1.29, 1.82) is 0 Å². The van der Waals surface area contributed by atoms with Crippen LogP contribution in [0.2, 0.25) is 0 Å². The summed E-state index contributed by atoms with van der Waals surface area (Å²) in [7, 11) is 0. The fourth-order valence-corrected chi connectivity index (χ4v) is 3.54. The van der Waals surface area contributed by atoms with E-state index < -0.39 is 0 Å². The summed E-state index contributed by atoms with van der Waals surface area (Å²) >= 11 is 2.06. The van der Waals surface area contributed by atoms with E-state index >= 15 is 0 Å². The second-order valence-corrected chi connectivity index (χ2v) is 6.37. The van der Waals surface area contributed by atoms with Crippen LogP contribution in [-0.2, 0) is 6.54 Å². The minimum absolute atomic E-state index is 0.602. The van der Waals surface area contributed by atoms with Gasteiger partial charge in [-0.1, -0.05) is 13.8 Å². The van der Waals surface area contributed by atoms with Crippen molar-refractivity contribution in [2.45, 2.75) is 30.9 Å². The fraction of sp³-hybridized carbons (Fsp3) is 0.636. The number of thioether (sulfide) groups is 1. The lowest BCUT2D eigenvalue weighted by molar-refractivity contribution is 0.259. The number of hydrazine groups is 1. The molecule has 0 radical (unpaired) electrons. The molecule has 3 N–H and O–H groups in total. The zero-order chi connectivity index (χ0) is 12.3. The monoisotopic (exact) mass is 253 g/mol. The Bertz CT molecular complexity index is 345. The van der Waals surface area contributed by atoms with Crippen molar-refractivity contribution in [3.05, 3.63) is 18.1 Å². The van der Waals surface area contributed by atoms with Crippen LogP contribution in [0.25, 0.3) is 0 Å². The largest absolute Gasteiger partial charge is 0.307 e. The minimum Gasteiger partial charge on any atom is -0.307 e. The summed E-state index contributed by atoms with van der Waals surface area (Å²) in [5, 5.41) is 1.38. The molecule has 94 valence electrons. The van der Waals surface area contributed by atoms with Gasteiger partial charge < -0.3 is 5.43 Å². The van der Waals surface area contributed by atoms with Crippen LogP contribution in [0.3, 0.4) is 0 Å². The summed E-state index contributed by atoms with van der Waals surface area (Å²) in [6.45, 7) is 7.66. The molecule has 2 atom stereocenters. The van der Waals surface area contributed by atoms with Crippen molar-refractivity contribution >= 4 is 17.6 Å². The van der Waals surface area contributed by atoms with Gasteiger partial charge in [0.25, 0.3) is 0 Å². The summed E-state index contributed by atoms with van der Waals surface area (Å²) in [4.78, 5) is 10.9. The van der Waals surface area contributed by atoms with Crippen LogP contribution in [0, 0.1) is 0 Å². The van der Waals surface area contributed by atoms with E-state index in [4.69, 9.17) is 5.84 Å². The van der Waals surface area contributed by atoms with Crippen molar-refractivity contribution in [1.82, 2.24) is 14.9 Å². The average molecular weight is 253 g/mol. The molecule has 6 heteroatoms. The molecular formula is C11H19N5S. The quantitative estimate of drug-likeness (QED) is 0.621. The lowest BCUT2D eigenvalue weighted by Crippen LogP contribution is -2.39. The molecule has 2 rings (SSSR count). The molecule has 1 saturated heterocycles. The highest BCUT2D eigenvalue weighted by Gasteiger charge is 2.22. The highest BCUT2D eigenvalue weighted by Crippen LogP contribution is 2.25. The van der Waals surface area contributed by atoms with Crippen molar-refractivity contribution in [2.24, 2.45) is 5.84 Å². The molecule has 1 aromatic heterocycles. The Morgan fingerprint density at radius 2 is 2.06 bits per heavy atom. The van der Waals surface area contributed by atoms with Crippen LogP contribution in [0.1, 0.15) is 19.5 Å². The highest BCUT2D eigenvalue weighted by molar-refractivity contribution is 8.00. The predicted molar refractivity (Wildman–Crippen MR) is 71.6 cm³/mol. The zero-order valence-corrected chi connectivity index (χ0v) is 11.1. The Hall–Kier alpha value is -0.850. The number of nitrogen functional groups attached to an aromatic ring is 1. The third-order valence-electron chi connectivity index (χ3n) is 2.73. The Balaban J connectivity index is 1.95. The van der Waals surface area contributed by atoms with Gasteiger partial charge in [-0.2, -0.15) is 11.8 Å². The lowest BCUT2D eigenvalue weighted by atomic mass is 10.3. The summed E-state index contributed by atoms with van der Waals surface area (Å²) in [5.74, 6) is 5.86. The molecule has 17 heavy (non-hydrogen) atoms. The number of aromatic nitrogens is 2. The summed E-state index contributed by atoms with van der Waals surface area (Å²) in [6, 6.07) is 0. The van der Waals surface area contributed by atoms with Crippen LogP contribution in [-0.4, -0.2) is 38.5 Å². The normalized spacial score (nSPS) is 25.8. The molecule has 0 aliphatic carbocycles. The van der Waals surface area contributed by atoms with Crippen molar-refractivity contribution in [3.63, 3.8) is 0 Å². The number of hydrogen-bond donors (Lipinski definition) is 2. The number of nitrogens with one attached hydrogen (secondary N) is 1. The van der Waals surface area contributed by atoms with E-state index in [1.54, 1.807) is 12.4 Å². The molecule has 0 saturated carbocycles. The molecule has 0 spiro atoms. The maximum atomic E-state index is 5.25. The summed E-state index contributed by atoms with van der Waals surface area (Å²) in [6.07, 6.45) is 3.45. The van der Waals surface area contributed by atoms with E-state index in [2.05, 4.69) is 45.9 Å². The maximum Gasteiger partial charge on any atom is 0.158 e. The number of nitrogens with two attached hydrogens (primary N) is 1. The third-order valence-corrected chi connectivity index (χ3v) is 3.96. The Morgan fingerprint density at radius 1 is 1.35 bits per heavy atom. The van der Waals surface area contributed by atoms with Crippen LogP contribution >= 0.6 is 11.8 Å². The maximum absolute atomic E-state index is 5.25. The molecule has 2 unspecified atom stereocenters. The van der Waals surface area contributed by atoms with Gasteiger partial charge in [-0.3, -0.25) is 9.88 Å².